The fourth-order valence-electron chi connectivity index (χ4n) is 3.85. The highest BCUT2D eigenvalue weighted by atomic mass is 14.9. The molecule has 2 rings (SSSR count). The quantitative estimate of drug-likeness (QED) is 0.714. The SMILES string of the molecule is CC(C)(C)C1CCC(C2CCCCCN2)CC1. The van der Waals surface area contributed by atoms with Gasteiger partial charge in [0.15, 0.2) is 0 Å². The first-order valence-electron chi connectivity index (χ1n) is 7.81. The first kappa shape index (κ1) is 13.4. The number of nitrogens with one attached hydrogen (secondary N) is 1. The van der Waals surface area contributed by atoms with Crippen molar-refractivity contribution in [1.82, 2.24) is 5.32 Å². The van der Waals surface area contributed by atoms with Crippen LogP contribution in [0.15, 0.2) is 0 Å². The lowest BCUT2D eigenvalue weighted by Crippen LogP contribution is -2.38. The monoisotopic (exact) mass is 237 g/mol. The molecule has 1 atom stereocenters. The third-order valence-electron chi connectivity index (χ3n) is 5.16. The molecule has 1 aliphatic carbocycles. The van der Waals surface area contributed by atoms with Gasteiger partial charge in [0.1, 0.15) is 0 Å². The Labute approximate surface area is 108 Å². The molecular formula is C16H31N. The third kappa shape index (κ3) is 3.71. The van der Waals surface area contributed by atoms with E-state index >= 15 is 0 Å². The molecule has 1 aliphatic heterocycles. The minimum Gasteiger partial charge on any atom is -0.314 e. The van der Waals surface area contributed by atoms with Crippen molar-refractivity contribution in [2.24, 2.45) is 17.3 Å². The first-order chi connectivity index (χ1) is 8.07. The summed E-state index contributed by atoms with van der Waals surface area (Å²) < 4.78 is 0. The van der Waals surface area contributed by atoms with Crippen LogP contribution in [-0.4, -0.2) is 12.6 Å². The van der Waals surface area contributed by atoms with E-state index in [1.807, 2.05) is 0 Å². The van der Waals surface area contributed by atoms with Crippen LogP contribution in [-0.2, 0) is 0 Å². The van der Waals surface area contributed by atoms with E-state index in [1.54, 1.807) is 0 Å². The zero-order valence-electron chi connectivity index (χ0n) is 12.1. The van der Waals surface area contributed by atoms with Gasteiger partial charge in [-0.05, 0) is 62.3 Å². The van der Waals surface area contributed by atoms with E-state index < -0.39 is 0 Å². The van der Waals surface area contributed by atoms with Crippen molar-refractivity contribution >= 4 is 0 Å². The summed E-state index contributed by atoms with van der Waals surface area (Å²) >= 11 is 0. The first-order valence-corrected chi connectivity index (χ1v) is 7.81. The molecule has 0 spiro atoms. The fourth-order valence-corrected chi connectivity index (χ4v) is 3.85. The summed E-state index contributed by atoms with van der Waals surface area (Å²) in [4.78, 5) is 0. The Kier molecular flexibility index (Phi) is 4.52. The highest BCUT2D eigenvalue weighted by Gasteiger charge is 2.32. The van der Waals surface area contributed by atoms with Crippen molar-refractivity contribution in [3.8, 4) is 0 Å². The van der Waals surface area contributed by atoms with Crippen LogP contribution in [0.2, 0.25) is 0 Å². The van der Waals surface area contributed by atoms with Crippen LogP contribution in [0.1, 0.15) is 72.1 Å². The summed E-state index contributed by atoms with van der Waals surface area (Å²) in [6.07, 6.45) is 11.6. The predicted octanol–water partition coefficient (Wildman–Crippen LogP) is 4.37. The molecule has 0 bridgehead atoms. The maximum Gasteiger partial charge on any atom is 0.00953 e. The molecule has 1 unspecified atom stereocenters. The molecule has 0 aromatic rings. The maximum absolute atomic E-state index is 3.80. The Balaban J connectivity index is 1.81. The van der Waals surface area contributed by atoms with Gasteiger partial charge in [-0.3, -0.25) is 0 Å². The van der Waals surface area contributed by atoms with Crippen molar-refractivity contribution in [2.75, 3.05) is 6.54 Å². The molecule has 100 valence electrons. The second-order valence-electron chi connectivity index (χ2n) is 7.39. The van der Waals surface area contributed by atoms with Gasteiger partial charge in [-0.25, -0.2) is 0 Å². The molecule has 1 nitrogen and oxygen atoms in total. The highest BCUT2D eigenvalue weighted by molar-refractivity contribution is 4.86. The Morgan fingerprint density at radius 3 is 2.18 bits per heavy atom. The summed E-state index contributed by atoms with van der Waals surface area (Å²) in [6, 6.07) is 0.846. The predicted molar refractivity (Wildman–Crippen MR) is 75.2 cm³/mol. The molecule has 0 aromatic heterocycles. The average molecular weight is 237 g/mol. The molecule has 1 heterocycles. The van der Waals surface area contributed by atoms with Crippen molar-refractivity contribution in [3.63, 3.8) is 0 Å². The molecule has 17 heavy (non-hydrogen) atoms. The van der Waals surface area contributed by atoms with Crippen molar-refractivity contribution in [2.45, 2.75) is 78.2 Å². The molecule has 2 aliphatic rings. The van der Waals surface area contributed by atoms with Crippen LogP contribution in [0, 0.1) is 17.3 Å². The zero-order chi connectivity index (χ0) is 12.3. The summed E-state index contributed by atoms with van der Waals surface area (Å²) in [5.41, 5.74) is 0.530. The summed E-state index contributed by atoms with van der Waals surface area (Å²) in [6.45, 7) is 8.52. The Hall–Kier alpha value is -0.0400. The van der Waals surface area contributed by atoms with Gasteiger partial charge in [0, 0.05) is 6.04 Å². The van der Waals surface area contributed by atoms with E-state index in [0.717, 1.165) is 17.9 Å². The third-order valence-corrected chi connectivity index (χ3v) is 5.16. The van der Waals surface area contributed by atoms with Crippen LogP contribution >= 0.6 is 0 Å². The van der Waals surface area contributed by atoms with Gasteiger partial charge in [0.25, 0.3) is 0 Å². The zero-order valence-corrected chi connectivity index (χ0v) is 12.1. The molecular weight excluding hydrogens is 206 g/mol. The minimum absolute atomic E-state index is 0.530. The smallest absolute Gasteiger partial charge is 0.00953 e. The van der Waals surface area contributed by atoms with Crippen LogP contribution in [0.4, 0.5) is 0 Å². The van der Waals surface area contributed by atoms with Gasteiger partial charge in [0.2, 0.25) is 0 Å². The largest absolute Gasteiger partial charge is 0.314 e. The normalized spacial score (nSPS) is 36.5. The molecule has 0 aromatic carbocycles. The van der Waals surface area contributed by atoms with Gasteiger partial charge in [-0.15, -0.1) is 0 Å². The average Bonchev–Trinajstić information content (AvgIpc) is 2.56. The topological polar surface area (TPSA) is 12.0 Å². The molecule has 1 heteroatoms. The van der Waals surface area contributed by atoms with Crippen LogP contribution in [0.25, 0.3) is 0 Å². The van der Waals surface area contributed by atoms with Crippen molar-refractivity contribution in [1.29, 1.82) is 0 Å². The van der Waals surface area contributed by atoms with Crippen molar-refractivity contribution in [3.05, 3.63) is 0 Å². The second-order valence-corrected chi connectivity index (χ2v) is 7.39. The van der Waals surface area contributed by atoms with E-state index in [0.29, 0.717) is 5.41 Å². The Morgan fingerprint density at radius 2 is 1.53 bits per heavy atom. The molecule has 0 amide bonds. The molecule has 1 saturated carbocycles. The molecule has 1 saturated heterocycles. The molecule has 2 fully saturated rings. The summed E-state index contributed by atoms with van der Waals surface area (Å²) in [5.74, 6) is 1.94. The lowest BCUT2D eigenvalue weighted by Gasteiger charge is -2.39. The van der Waals surface area contributed by atoms with E-state index in [2.05, 4.69) is 26.1 Å². The highest BCUT2D eigenvalue weighted by Crippen LogP contribution is 2.41. The van der Waals surface area contributed by atoms with Crippen LogP contribution < -0.4 is 5.32 Å². The molecule has 0 radical (unpaired) electrons. The lowest BCUT2D eigenvalue weighted by atomic mass is 9.68. The minimum atomic E-state index is 0.530. The van der Waals surface area contributed by atoms with E-state index in [4.69, 9.17) is 0 Å². The van der Waals surface area contributed by atoms with Crippen LogP contribution in [0.3, 0.4) is 0 Å². The van der Waals surface area contributed by atoms with E-state index in [-0.39, 0.29) is 0 Å². The van der Waals surface area contributed by atoms with Crippen LogP contribution in [0.5, 0.6) is 0 Å². The Morgan fingerprint density at radius 1 is 0.824 bits per heavy atom. The van der Waals surface area contributed by atoms with Gasteiger partial charge in [-0.2, -0.15) is 0 Å². The van der Waals surface area contributed by atoms with Crippen molar-refractivity contribution < 1.29 is 0 Å². The summed E-state index contributed by atoms with van der Waals surface area (Å²) in [5, 5.41) is 3.80. The summed E-state index contributed by atoms with van der Waals surface area (Å²) in [7, 11) is 0. The van der Waals surface area contributed by atoms with Gasteiger partial charge >= 0.3 is 0 Å². The standard InChI is InChI=1S/C16H31N/c1-16(2,3)14-10-8-13(9-11-14)15-7-5-4-6-12-17-15/h13-15,17H,4-12H2,1-3H3. The maximum atomic E-state index is 3.80. The van der Waals surface area contributed by atoms with E-state index in [1.165, 1.54) is 57.9 Å². The number of rotatable bonds is 1. The van der Waals surface area contributed by atoms with Gasteiger partial charge in [0.05, 0.1) is 0 Å². The number of hydrogen-bond donors (Lipinski definition) is 1. The van der Waals surface area contributed by atoms with Gasteiger partial charge in [-0.1, -0.05) is 33.6 Å². The van der Waals surface area contributed by atoms with Gasteiger partial charge < -0.3 is 5.32 Å². The molecule has 1 N–H and O–H groups in total. The van der Waals surface area contributed by atoms with E-state index in [9.17, 15) is 0 Å². The number of hydrogen-bond acceptors (Lipinski definition) is 1. The Bertz CT molecular complexity index is 212. The lowest BCUT2D eigenvalue weighted by molar-refractivity contribution is 0.131. The second kappa shape index (κ2) is 5.73. The fraction of sp³-hybridized carbons (Fsp3) is 1.00.